The van der Waals surface area contributed by atoms with Crippen LogP contribution in [-0.2, 0) is 20.2 Å². The van der Waals surface area contributed by atoms with Crippen molar-refractivity contribution >= 4 is 28.6 Å². The van der Waals surface area contributed by atoms with E-state index in [1.807, 2.05) is 6.07 Å². The van der Waals surface area contributed by atoms with E-state index in [0.29, 0.717) is 23.4 Å². The number of nitrogens with zero attached hydrogens (tertiary/aromatic N) is 4. The molecule has 0 saturated carbocycles. The number of imidazole rings is 1. The predicted molar refractivity (Wildman–Crippen MR) is 146 cm³/mol. The molecule has 0 bridgehead atoms. The fourth-order valence-corrected chi connectivity index (χ4v) is 4.90. The number of aromatic carboxylic acids is 1. The van der Waals surface area contributed by atoms with Crippen molar-refractivity contribution in [3.8, 4) is 11.6 Å². The van der Waals surface area contributed by atoms with Crippen LogP contribution in [0, 0.1) is 5.82 Å². The molecule has 0 amide bonds. The highest BCUT2D eigenvalue weighted by Gasteiger charge is 2.24. The number of piperidine rings is 1. The Balaban J connectivity index is 1.28. The number of carboxylic acids is 1. The Morgan fingerprint density at radius 3 is 2.69 bits per heavy atom. The molecular weight excluding hydrogens is 523 g/mol. The van der Waals surface area contributed by atoms with E-state index in [1.165, 1.54) is 37.3 Å². The first-order chi connectivity index (χ1) is 20.2. The molecule has 2 aromatic heterocycles. The molecule has 5 rings (SSSR count). The first kappa shape index (κ1) is 22.2. The van der Waals surface area contributed by atoms with Crippen LogP contribution >= 0.6 is 11.6 Å². The minimum Gasteiger partial charge on any atom is -0.492 e. The van der Waals surface area contributed by atoms with E-state index in [-0.39, 0.29) is 33.7 Å². The number of rotatable bonds is 9. The molecule has 4 aromatic rings. The molecule has 8 nitrogen and oxygen atoms in total. The summed E-state index contributed by atoms with van der Waals surface area (Å²) in [7, 11) is 1.79. The second-order valence-corrected chi connectivity index (χ2v) is 9.76. The van der Waals surface area contributed by atoms with Gasteiger partial charge < -0.3 is 19.1 Å². The normalized spacial score (nSPS) is 16.8. The maximum atomic E-state index is 14.4. The Labute approximate surface area is 236 Å². The van der Waals surface area contributed by atoms with Crippen molar-refractivity contribution in [3.63, 3.8) is 0 Å². The molecule has 1 aliphatic heterocycles. The van der Waals surface area contributed by atoms with E-state index in [1.54, 1.807) is 17.7 Å². The maximum absolute atomic E-state index is 14.4. The summed E-state index contributed by atoms with van der Waals surface area (Å²) in [5, 5.41) is 9.71. The van der Waals surface area contributed by atoms with Gasteiger partial charge in [0.1, 0.15) is 29.5 Å². The van der Waals surface area contributed by atoms with Crippen LogP contribution < -0.4 is 9.47 Å². The molecule has 1 N–H and O–H groups in total. The summed E-state index contributed by atoms with van der Waals surface area (Å²) < 4.78 is 59.2. The summed E-state index contributed by atoms with van der Waals surface area (Å²) in [5.41, 5.74) is 1.38. The van der Waals surface area contributed by atoms with Crippen LogP contribution in [-0.4, -0.2) is 50.2 Å². The van der Waals surface area contributed by atoms with Gasteiger partial charge in [-0.3, -0.25) is 4.90 Å². The fourth-order valence-electron chi connectivity index (χ4n) is 4.74. The lowest BCUT2D eigenvalue weighted by molar-refractivity contribution is 0.0696. The van der Waals surface area contributed by atoms with E-state index in [9.17, 15) is 14.3 Å². The van der Waals surface area contributed by atoms with Gasteiger partial charge in [0.05, 0.1) is 29.7 Å². The van der Waals surface area contributed by atoms with Crippen LogP contribution in [0.5, 0.6) is 11.6 Å². The monoisotopic (exact) mass is 556 g/mol. The molecule has 0 unspecified atom stereocenters. The molecule has 1 aliphatic rings. The lowest BCUT2D eigenvalue weighted by atomic mass is 9.93. The van der Waals surface area contributed by atoms with Gasteiger partial charge >= 0.3 is 5.97 Å². The van der Waals surface area contributed by atoms with Crippen molar-refractivity contribution in [1.29, 1.82) is 0 Å². The molecule has 10 heteroatoms. The number of pyridine rings is 1. The third kappa shape index (κ3) is 5.99. The number of aromatic nitrogens is 3. The third-order valence-corrected chi connectivity index (χ3v) is 7.05. The fraction of sp³-hybridized carbons (Fsp3) is 0.345. The van der Waals surface area contributed by atoms with Gasteiger partial charge in [-0.2, -0.15) is 0 Å². The van der Waals surface area contributed by atoms with Crippen molar-refractivity contribution in [2.24, 2.45) is 7.05 Å². The van der Waals surface area contributed by atoms with Crippen LogP contribution in [0.3, 0.4) is 0 Å². The number of carboxylic acid groups (broad SMARTS) is 1. The van der Waals surface area contributed by atoms with E-state index in [4.69, 9.17) is 26.6 Å². The Morgan fingerprint density at radius 2 is 1.97 bits per heavy atom. The van der Waals surface area contributed by atoms with Gasteiger partial charge in [-0.25, -0.2) is 19.2 Å². The van der Waals surface area contributed by atoms with Gasteiger partial charge in [0.2, 0.25) is 5.88 Å². The zero-order chi connectivity index (χ0) is 31.1. The number of benzene rings is 2. The average molecular weight is 557 g/mol. The molecule has 1 saturated heterocycles. The minimum absolute atomic E-state index is 0.0211. The van der Waals surface area contributed by atoms with Gasteiger partial charge in [0.15, 0.2) is 0 Å². The zero-order valence-electron chi connectivity index (χ0n) is 25.4. The summed E-state index contributed by atoms with van der Waals surface area (Å²) in [6, 6.07) is 11.6. The van der Waals surface area contributed by atoms with Crippen molar-refractivity contribution in [2.45, 2.75) is 38.8 Å². The van der Waals surface area contributed by atoms with E-state index in [0.717, 1.165) is 37.7 Å². The van der Waals surface area contributed by atoms with Gasteiger partial charge in [-0.05, 0) is 63.2 Å². The Hall–Kier alpha value is -3.69. The topological polar surface area (TPSA) is 89.7 Å². The summed E-state index contributed by atoms with van der Waals surface area (Å²) in [4.78, 5) is 23.1. The molecule has 0 radical (unpaired) electrons. The first-order valence-electron chi connectivity index (χ1n) is 14.5. The standard InChI is InChI=1S/C29H30ClFN4O4/c1-3-38-25-14-20(29(36)37)13-24-28(25)33-26(34(24)2)16-35-11-9-18(10-12-35)23-5-4-6-27(32-23)39-17-19-7-8-21(30)15-22(19)31/h4-8,13-15,18H,3,9-12,16-17H2,1-2H3,(H,36,37)/i3D2,17D2. The van der Waals surface area contributed by atoms with Crippen LogP contribution in [0.25, 0.3) is 11.0 Å². The quantitative estimate of drug-likeness (QED) is 0.278. The lowest BCUT2D eigenvalue weighted by Gasteiger charge is -2.31. The number of likely N-dealkylation sites (tertiary alicyclic amines) is 1. The molecule has 0 spiro atoms. The number of fused-ring (bicyclic) bond motifs is 1. The molecule has 39 heavy (non-hydrogen) atoms. The predicted octanol–water partition coefficient (Wildman–Crippen LogP) is 5.82. The molecule has 2 aromatic carbocycles. The SMILES string of the molecule is [2H]C([2H])(C)Oc1cc(C(=O)O)cc2c1nc(CN1CCC(c3cccc(OC([2H])([2H])c4ccc(Cl)cc4F)n3)CC1)n2C. The zero-order valence-corrected chi connectivity index (χ0v) is 22.2. The molecule has 0 aliphatic carbocycles. The third-order valence-electron chi connectivity index (χ3n) is 6.82. The largest absolute Gasteiger partial charge is 0.492 e. The second-order valence-electron chi connectivity index (χ2n) is 9.32. The number of halogens is 2. The number of aryl methyl sites for hydroxylation is 1. The number of hydrogen-bond donors (Lipinski definition) is 1. The maximum Gasteiger partial charge on any atom is 0.335 e. The highest BCUT2D eigenvalue weighted by atomic mass is 35.5. The molecule has 1 fully saturated rings. The molecule has 0 atom stereocenters. The summed E-state index contributed by atoms with van der Waals surface area (Å²) >= 11 is 5.80. The number of carbonyl (C=O) groups is 1. The first-order valence-corrected chi connectivity index (χ1v) is 12.8. The van der Waals surface area contributed by atoms with E-state index < -0.39 is 24.9 Å². The Bertz CT molecular complexity index is 1670. The smallest absolute Gasteiger partial charge is 0.335 e. The van der Waals surface area contributed by atoms with E-state index >= 15 is 0 Å². The van der Waals surface area contributed by atoms with Crippen molar-refractivity contribution in [3.05, 3.63) is 82.0 Å². The Morgan fingerprint density at radius 1 is 1.18 bits per heavy atom. The molecular formula is C29H30ClFN4O4. The summed E-state index contributed by atoms with van der Waals surface area (Å²) in [5.74, 6) is -1.05. The van der Waals surface area contributed by atoms with Gasteiger partial charge in [0, 0.05) is 35.3 Å². The second kappa shape index (κ2) is 11.6. The summed E-state index contributed by atoms with van der Waals surface area (Å²) in [6.07, 6.45) is 1.54. The number of hydrogen-bond acceptors (Lipinski definition) is 6. The minimum atomic E-state index is -2.45. The van der Waals surface area contributed by atoms with Crippen LogP contribution in [0.1, 0.15) is 58.6 Å². The Kier molecular flexibility index (Phi) is 6.59. The van der Waals surface area contributed by atoms with Crippen LogP contribution in [0.4, 0.5) is 4.39 Å². The summed E-state index contributed by atoms with van der Waals surface area (Å²) in [6.45, 7) is -1.30. The molecule has 3 heterocycles. The molecule has 204 valence electrons. The van der Waals surface area contributed by atoms with Gasteiger partial charge in [-0.1, -0.05) is 23.7 Å². The lowest BCUT2D eigenvalue weighted by Crippen LogP contribution is -2.33. The number of ether oxygens (including phenoxy) is 2. The highest BCUT2D eigenvalue weighted by molar-refractivity contribution is 6.30. The highest BCUT2D eigenvalue weighted by Crippen LogP contribution is 2.31. The van der Waals surface area contributed by atoms with Crippen LogP contribution in [0.15, 0.2) is 48.5 Å². The van der Waals surface area contributed by atoms with Crippen molar-refractivity contribution in [2.75, 3.05) is 19.6 Å². The van der Waals surface area contributed by atoms with Crippen molar-refractivity contribution < 1.29 is 29.2 Å². The van der Waals surface area contributed by atoms with E-state index in [2.05, 4.69) is 14.9 Å². The average Bonchev–Trinajstić information content (AvgIpc) is 3.23. The van der Waals surface area contributed by atoms with Gasteiger partial charge in [-0.15, -0.1) is 0 Å². The van der Waals surface area contributed by atoms with Crippen molar-refractivity contribution in [1.82, 2.24) is 19.4 Å². The van der Waals surface area contributed by atoms with Crippen LogP contribution in [0.2, 0.25) is 5.02 Å². The van der Waals surface area contributed by atoms with Gasteiger partial charge in [0.25, 0.3) is 0 Å².